The van der Waals surface area contributed by atoms with Crippen molar-refractivity contribution in [1.82, 2.24) is 13.7 Å². The second-order valence-corrected chi connectivity index (χ2v) is 19.5. The van der Waals surface area contributed by atoms with Gasteiger partial charge in [0.05, 0.1) is 5.69 Å². The number of benzene rings is 1. The molecule has 0 bridgehead atoms. The SMILES string of the molecule is Cc1cc([C@H](N=C2NS(=O)(=O)C(C(N)=O)=C2N)C(C)C)oc1C.Cc1ccc([C@H](N=C2NS(=O)(=O)C(C(N)=O)=C2Nc2cccc(S(=O)(=O)N(C)C)c2O)C(C)C)o1.O. The van der Waals surface area contributed by atoms with E-state index in [-0.39, 0.29) is 46.1 Å². The van der Waals surface area contributed by atoms with Gasteiger partial charge < -0.3 is 41.9 Å². The number of hydrogen-bond acceptors (Lipinski definition) is 15. The van der Waals surface area contributed by atoms with Gasteiger partial charge in [-0.3, -0.25) is 29.0 Å². The van der Waals surface area contributed by atoms with E-state index in [2.05, 4.69) is 24.7 Å². The summed E-state index contributed by atoms with van der Waals surface area (Å²) >= 11 is 0. The molecule has 5 rings (SSSR count). The molecule has 12 N–H and O–H groups in total. The minimum atomic E-state index is -4.39. The number of carbonyl (C=O) groups excluding carboxylic acids is 2. The van der Waals surface area contributed by atoms with Crippen LogP contribution in [-0.4, -0.2) is 77.7 Å². The molecule has 21 nitrogen and oxygen atoms in total. The van der Waals surface area contributed by atoms with Crippen molar-refractivity contribution in [1.29, 1.82) is 0 Å². The highest BCUT2D eigenvalue weighted by Gasteiger charge is 2.40. The van der Waals surface area contributed by atoms with Gasteiger partial charge in [0.15, 0.2) is 27.2 Å². The molecule has 2 aliphatic heterocycles. The Labute approximate surface area is 342 Å². The lowest BCUT2D eigenvalue weighted by molar-refractivity contribution is -0.114. The summed E-state index contributed by atoms with van der Waals surface area (Å²) in [5.41, 5.74) is 16.4. The fourth-order valence-corrected chi connectivity index (χ4v) is 9.02. The normalized spacial score (nSPS) is 18.4. The number of carbonyl (C=O) groups is 2. The van der Waals surface area contributed by atoms with Gasteiger partial charge in [-0.1, -0.05) is 33.8 Å². The van der Waals surface area contributed by atoms with Gasteiger partial charge >= 0.3 is 0 Å². The van der Waals surface area contributed by atoms with Crippen molar-refractivity contribution in [3.05, 3.63) is 86.2 Å². The van der Waals surface area contributed by atoms with E-state index in [1.807, 2.05) is 47.6 Å². The Balaban J connectivity index is 0.000000337. The van der Waals surface area contributed by atoms with Crippen molar-refractivity contribution in [3.63, 3.8) is 0 Å². The topological polar surface area (TPSA) is 357 Å². The van der Waals surface area contributed by atoms with Crippen LogP contribution in [0.1, 0.15) is 68.4 Å². The summed E-state index contributed by atoms with van der Waals surface area (Å²) in [7, 11) is -9.91. The first-order valence-corrected chi connectivity index (χ1v) is 21.8. The number of nitrogens with two attached hydrogens (primary N) is 3. The van der Waals surface area contributed by atoms with Crippen molar-refractivity contribution in [2.75, 3.05) is 19.4 Å². The number of sulfonamides is 3. The molecule has 24 heteroatoms. The molecular formula is C35H49N9O12S3. The molecular weight excluding hydrogens is 835 g/mol. The number of anilines is 1. The summed E-state index contributed by atoms with van der Waals surface area (Å²) < 4.78 is 91.1. The third-order valence-corrected chi connectivity index (χ3v) is 13.4. The number of aryl methyl sites for hydroxylation is 3. The zero-order chi connectivity index (χ0) is 43.8. The van der Waals surface area contributed by atoms with Crippen LogP contribution in [0.3, 0.4) is 0 Å². The van der Waals surface area contributed by atoms with Crippen LogP contribution in [0.4, 0.5) is 5.69 Å². The van der Waals surface area contributed by atoms with Gasteiger partial charge in [0.25, 0.3) is 31.9 Å². The molecule has 0 fully saturated rings. The molecule has 324 valence electrons. The lowest BCUT2D eigenvalue weighted by atomic mass is 10.0. The van der Waals surface area contributed by atoms with E-state index in [4.69, 9.17) is 26.0 Å². The predicted molar refractivity (Wildman–Crippen MR) is 219 cm³/mol. The van der Waals surface area contributed by atoms with Gasteiger partial charge in [-0.15, -0.1) is 0 Å². The summed E-state index contributed by atoms with van der Waals surface area (Å²) in [5, 5.41) is 13.3. The minimum Gasteiger partial charge on any atom is -0.504 e. The Kier molecular flexibility index (Phi) is 14.3. The first-order valence-electron chi connectivity index (χ1n) is 17.4. The van der Waals surface area contributed by atoms with Gasteiger partial charge in [0, 0.05) is 14.1 Å². The van der Waals surface area contributed by atoms with Gasteiger partial charge in [0.2, 0.25) is 10.0 Å². The molecule has 1 aromatic carbocycles. The Morgan fingerprint density at radius 1 is 0.831 bits per heavy atom. The monoisotopic (exact) mass is 883 g/mol. The first kappa shape index (κ1) is 47.7. The molecule has 2 amide bonds. The molecule has 0 saturated carbocycles. The van der Waals surface area contributed by atoms with E-state index >= 15 is 0 Å². The number of amidine groups is 2. The standard InChI is InChI=1S/C21H27N5O7S2.C14H20N4O4S.H2O/c1-11(2)16(14-10-9-12(3)33-14)24-21-17(19(20(22)28)34(29,30)25-21)23-13-7-6-8-15(18(13)27)35(31,32)26(4)5;1-6(2)11(9-5-7(3)8(4)22-9)17-14-10(15)12(13(16)19)23(20,21)18-14;/h6-11,16,23,27H,1-5H3,(H2,22,28)(H,24,25);5-6,11H,15H2,1-4H3,(H2,16,19)(H,17,18);1H2/t16-;11-;/m11./s1. The van der Waals surface area contributed by atoms with E-state index in [1.54, 1.807) is 19.1 Å². The summed E-state index contributed by atoms with van der Waals surface area (Å²) in [6.45, 7) is 13.0. The van der Waals surface area contributed by atoms with Crippen LogP contribution in [0.15, 0.2) is 81.3 Å². The van der Waals surface area contributed by atoms with Crippen LogP contribution in [0, 0.1) is 32.6 Å². The molecule has 2 atom stereocenters. The summed E-state index contributed by atoms with van der Waals surface area (Å²) in [5.74, 6) is -1.06. The average molecular weight is 884 g/mol. The maximum absolute atomic E-state index is 12.7. The smallest absolute Gasteiger partial charge is 0.270 e. The highest BCUT2D eigenvalue weighted by molar-refractivity contribution is 7.95. The molecule has 4 heterocycles. The van der Waals surface area contributed by atoms with Crippen LogP contribution in [0.2, 0.25) is 0 Å². The number of phenols is 1. The number of hydrogen-bond donors (Lipinski definition) is 7. The van der Waals surface area contributed by atoms with E-state index in [0.717, 1.165) is 15.6 Å². The van der Waals surface area contributed by atoms with E-state index in [1.165, 1.54) is 32.3 Å². The van der Waals surface area contributed by atoms with Crippen molar-refractivity contribution in [2.24, 2.45) is 39.0 Å². The van der Waals surface area contributed by atoms with Crippen molar-refractivity contribution < 1.29 is 54.3 Å². The fraction of sp³-hybridized carbons (Fsp3) is 0.371. The van der Waals surface area contributed by atoms with E-state index in [9.17, 15) is 39.9 Å². The number of para-hydroxylation sites is 1. The molecule has 0 aliphatic carbocycles. The Hall–Kier alpha value is -5.69. The molecule has 2 aliphatic rings. The number of nitrogens with one attached hydrogen (secondary N) is 3. The van der Waals surface area contributed by atoms with Gasteiger partial charge in [-0.05, 0) is 68.5 Å². The third kappa shape index (κ3) is 9.96. The minimum absolute atomic E-state index is 0. The van der Waals surface area contributed by atoms with Crippen molar-refractivity contribution in [3.8, 4) is 5.75 Å². The lowest BCUT2D eigenvalue weighted by Crippen LogP contribution is -2.28. The first-order chi connectivity index (χ1) is 26.7. The number of amides is 2. The fourth-order valence-electron chi connectivity index (χ4n) is 5.66. The van der Waals surface area contributed by atoms with Crippen LogP contribution in [0.5, 0.6) is 5.75 Å². The largest absolute Gasteiger partial charge is 0.504 e. The van der Waals surface area contributed by atoms with Crippen molar-refractivity contribution in [2.45, 2.75) is 65.4 Å². The number of rotatable bonds is 12. The Morgan fingerprint density at radius 2 is 1.36 bits per heavy atom. The highest BCUT2D eigenvalue weighted by atomic mass is 32.2. The number of aliphatic imine (C=N–C) groups is 2. The molecule has 0 radical (unpaired) electrons. The zero-order valence-corrected chi connectivity index (χ0v) is 36.1. The quantitative estimate of drug-likeness (QED) is 0.126. The van der Waals surface area contributed by atoms with Crippen LogP contribution in [0.25, 0.3) is 0 Å². The second kappa shape index (κ2) is 17.7. The van der Waals surface area contributed by atoms with Gasteiger partial charge in [-0.2, -0.15) is 0 Å². The molecule has 0 spiro atoms. The molecule has 0 saturated heterocycles. The van der Waals surface area contributed by atoms with Gasteiger partial charge in [-0.25, -0.2) is 29.6 Å². The molecule has 59 heavy (non-hydrogen) atoms. The zero-order valence-electron chi connectivity index (χ0n) is 33.6. The van der Waals surface area contributed by atoms with Crippen LogP contribution in [-0.2, 0) is 39.7 Å². The second-order valence-electron chi connectivity index (χ2n) is 14.1. The number of phenolic OH excluding ortho intramolecular Hbond substituents is 1. The Morgan fingerprint density at radius 3 is 1.81 bits per heavy atom. The summed E-state index contributed by atoms with van der Waals surface area (Å²) in [4.78, 5) is 30.4. The predicted octanol–water partition coefficient (Wildman–Crippen LogP) is 1.14. The van der Waals surface area contributed by atoms with Crippen LogP contribution < -0.4 is 32.0 Å². The molecule has 2 aromatic heterocycles. The maximum atomic E-state index is 12.7. The number of primary amides is 2. The highest BCUT2D eigenvalue weighted by Crippen LogP contribution is 2.36. The lowest BCUT2D eigenvalue weighted by Gasteiger charge is -2.18. The van der Waals surface area contributed by atoms with Gasteiger partial charge in [0.1, 0.15) is 51.4 Å². The van der Waals surface area contributed by atoms with E-state index in [0.29, 0.717) is 17.3 Å². The molecule has 3 aromatic rings. The number of furan rings is 2. The molecule has 0 unspecified atom stereocenters. The Bertz CT molecular complexity index is 2580. The average Bonchev–Trinajstić information content (AvgIpc) is 3.80. The number of aromatic hydroxyl groups is 1. The van der Waals surface area contributed by atoms with Crippen LogP contribution >= 0.6 is 0 Å². The summed E-state index contributed by atoms with van der Waals surface area (Å²) in [6, 6.07) is 8.05. The number of nitrogens with zero attached hydrogens (tertiary/aromatic N) is 3. The third-order valence-electron chi connectivity index (χ3n) is 8.76. The summed E-state index contributed by atoms with van der Waals surface area (Å²) in [6.07, 6.45) is 0. The van der Waals surface area contributed by atoms with Crippen molar-refractivity contribution >= 4 is 59.2 Å². The van der Waals surface area contributed by atoms with E-state index < -0.39 is 74.4 Å². The maximum Gasteiger partial charge on any atom is 0.270 e.